The molecule has 0 saturated heterocycles. The fraction of sp³-hybridized carbons (Fsp3) is 0.273. The van der Waals surface area contributed by atoms with Gasteiger partial charge in [0.05, 0.1) is 0 Å². The van der Waals surface area contributed by atoms with Crippen LogP contribution in [0.5, 0.6) is 0 Å². The molecule has 1 amide bonds. The van der Waals surface area contributed by atoms with Gasteiger partial charge in [-0.2, -0.15) is 0 Å². The third-order valence-corrected chi connectivity index (χ3v) is 3.83. The van der Waals surface area contributed by atoms with Crippen LogP contribution in [0.25, 0.3) is 0 Å². The van der Waals surface area contributed by atoms with E-state index in [1.54, 1.807) is 20.8 Å². The first-order valence-electron chi connectivity index (χ1n) is 8.99. The van der Waals surface area contributed by atoms with Crippen molar-refractivity contribution in [3.8, 4) is 0 Å². The Morgan fingerprint density at radius 1 is 1.14 bits per heavy atom. The normalized spacial score (nSPS) is 13.6. The molecule has 6 heteroatoms. The van der Waals surface area contributed by atoms with E-state index in [1.165, 1.54) is 12.2 Å². The predicted molar refractivity (Wildman–Crippen MR) is 110 cm³/mol. The number of hydrogen-bond acceptors (Lipinski definition) is 5. The number of amides is 1. The molecule has 0 fully saturated rings. The molecule has 1 aromatic carbocycles. The van der Waals surface area contributed by atoms with Gasteiger partial charge in [-0.15, -0.1) is 0 Å². The Bertz CT molecular complexity index is 814. The summed E-state index contributed by atoms with van der Waals surface area (Å²) in [5.74, 6) is -0.392. The van der Waals surface area contributed by atoms with Crippen LogP contribution in [0, 0.1) is 0 Å². The summed E-state index contributed by atoms with van der Waals surface area (Å²) in [7, 11) is 0. The van der Waals surface area contributed by atoms with Crippen molar-refractivity contribution in [3.05, 3.63) is 82.4 Å². The van der Waals surface area contributed by atoms with Crippen LogP contribution in [0.3, 0.4) is 0 Å². The van der Waals surface area contributed by atoms with Gasteiger partial charge in [0.15, 0.2) is 5.78 Å². The van der Waals surface area contributed by atoms with Crippen molar-refractivity contribution < 1.29 is 19.4 Å². The SMILES string of the molecule is CC/C=C(\C)C(=O)\C=C/C(C)=C(O)\C(NC(=O)OCc1ccccc1)=C(\C)N. The number of ketones is 1. The number of rotatable bonds is 8. The highest BCUT2D eigenvalue weighted by Crippen LogP contribution is 2.14. The van der Waals surface area contributed by atoms with Crippen LogP contribution >= 0.6 is 0 Å². The number of aliphatic hydroxyl groups excluding tert-OH is 1. The van der Waals surface area contributed by atoms with Gasteiger partial charge in [-0.05, 0) is 50.0 Å². The molecule has 0 saturated carbocycles. The lowest BCUT2D eigenvalue weighted by molar-refractivity contribution is -0.111. The van der Waals surface area contributed by atoms with Gasteiger partial charge in [-0.25, -0.2) is 4.79 Å². The summed E-state index contributed by atoms with van der Waals surface area (Å²) in [4.78, 5) is 24.0. The van der Waals surface area contributed by atoms with Crippen LogP contribution in [-0.4, -0.2) is 17.0 Å². The van der Waals surface area contributed by atoms with Gasteiger partial charge in [0.1, 0.15) is 18.1 Å². The second kappa shape index (κ2) is 11.4. The quantitative estimate of drug-likeness (QED) is 0.350. The van der Waals surface area contributed by atoms with Gasteiger partial charge in [0.2, 0.25) is 0 Å². The Morgan fingerprint density at radius 2 is 1.79 bits per heavy atom. The van der Waals surface area contributed by atoms with E-state index in [2.05, 4.69) is 5.32 Å². The molecule has 0 aromatic heterocycles. The Balaban J connectivity index is 2.84. The fourth-order valence-electron chi connectivity index (χ4n) is 2.22. The lowest BCUT2D eigenvalue weighted by Gasteiger charge is -2.13. The molecule has 0 aliphatic carbocycles. The molecule has 0 aliphatic rings. The van der Waals surface area contributed by atoms with E-state index in [0.717, 1.165) is 12.0 Å². The number of carbonyl (C=O) groups is 2. The third kappa shape index (κ3) is 7.53. The molecule has 4 N–H and O–H groups in total. The van der Waals surface area contributed by atoms with Gasteiger partial charge in [0, 0.05) is 5.70 Å². The predicted octanol–water partition coefficient (Wildman–Crippen LogP) is 4.42. The smallest absolute Gasteiger partial charge is 0.412 e. The molecular formula is C22H28N2O4. The summed E-state index contributed by atoms with van der Waals surface area (Å²) in [6.45, 7) is 6.91. The Labute approximate surface area is 166 Å². The largest absolute Gasteiger partial charge is 0.505 e. The molecule has 150 valence electrons. The molecular weight excluding hydrogens is 356 g/mol. The summed E-state index contributed by atoms with van der Waals surface area (Å²) >= 11 is 0. The van der Waals surface area contributed by atoms with Crippen molar-refractivity contribution in [2.24, 2.45) is 5.73 Å². The molecule has 0 unspecified atom stereocenters. The number of benzene rings is 1. The van der Waals surface area contributed by atoms with Gasteiger partial charge in [0.25, 0.3) is 0 Å². The number of ether oxygens (including phenoxy) is 1. The lowest BCUT2D eigenvalue weighted by atomic mass is 10.1. The van der Waals surface area contributed by atoms with E-state index in [1.807, 2.05) is 43.3 Å². The van der Waals surface area contributed by atoms with E-state index < -0.39 is 6.09 Å². The van der Waals surface area contributed by atoms with Gasteiger partial charge in [-0.3, -0.25) is 10.1 Å². The first-order chi connectivity index (χ1) is 13.3. The summed E-state index contributed by atoms with van der Waals surface area (Å²) in [5.41, 5.74) is 7.86. The average molecular weight is 384 g/mol. The van der Waals surface area contributed by atoms with E-state index >= 15 is 0 Å². The zero-order chi connectivity index (χ0) is 21.1. The number of carbonyl (C=O) groups excluding carboxylic acids is 2. The lowest BCUT2D eigenvalue weighted by Crippen LogP contribution is -2.27. The van der Waals surface area contributed by atoms with Crippen molar-refractivity contribution in [2.75, 3.05) is 0 Å². The van der Waals surface area contributed by atoms with Crippen LogP contribution in [0.1, 0.15) is 39.7 Å². The number of nitrogens with two attached hydrogens (primary N) is 1. The molecule has 0 atom stereocenters. The van der Waals surface area contributed by atoms with Crippen LogP contribution in [0.15, 0.2) is 76.9 Å². The highest BCUT2D eigenvalue weighted by molar-refractivity contribution is 6.03. The number of hydrogen-bond donors (Lipinski definition) is 3. The van der Waals surface area contributed by atoms with E-state index in [-0.39, 0.29) is 29.5 Å². The Morgan fingerprint density at radius 3 is 2.36 bits per heavy atom. The van der Waals surface area contributed by atoms with Crippen molar-refractivity contribution in [2.45, 2.75) is 40.7 Å². The zero-order valence-electron chi connectivity index (χ0n) is 16.8. The first-order valence-corrected chi connectivity index (χ1v) is 8.99. The Hall–Kier alpha value is -3.28. The highest BCUT2D eigenvalue weighted by atomic mass is 16.5. The number of aliphatic hydroxyl groups is 1. The average Bonchev–Trinajstić information content (AvgIpc) is 2.68. The molecule has 0 spiro atoms. The van der Waals surface area contributed by atoms with E-state index in [0.29, 0.717) is 11.1 Å². The summed E-state index contributed by atoms with van der Waals surface area (Å²) in [6, 6.07) is 9.21. The zero-order valence-corrected chi connectivity index (χ0v) is 16.8. The third-order valence-electron chi connectivity index (χ3n) is 3.83. The minimum Gasteiger partial charge on any atom is -0.505 e. The van der Waals surface area contributed by atoms with Gasteiger partial charge < -0.3 is 15.6 Å². The van der Waals surface area contributed by atoms with Gasteiger partial charge >= 0.3 is 6.09 Å². The van der Waals surface area contributed by atoms with Crippen LogP contribution in [0.2, 0.25) is 0 Å². The molecule has 28 heavy (non-hydrogen) atoms. The van der Waals surface area contributed by atoms with Gasteiger partial charge in [-0.1, -0.05) is 49.4 Å². The number of nitrogens with one attached hydrogen (secondary N) is 1. The summed E-state index contributed by atoms with van der Waals surface area (Å²) in [6.07, 6.45) is 4.68. The maximum Gasteiger partial charge on any atom is 0.412 e. The maximum atomic E-state index is 12.0. The number of alkyl carbamates (subject to hydrolysis) is 1. The summed E-state index contributed by atoms with van der Waals surface area (Å²) < 4.78 is 5.14. The topological polar surface area (TPSA) is 102 Å². The minimum absolute atomic E-state index is 0.0356. The molecule has 1 aromatic rings. The molecule has 0 aliphatic heterocycles. The number of allylic oxidation sites excluding steroid dienone is 6. The second-order valence-electron chi connectivity index (χ2n) is 6.27. The molecule has 1 rings (SSSR count). The molecule has 0 heterocycles. The van der Waals surface area contributed by atoms with Crippen molar-refractivity contribution >= 4 is 11.9 Å². The van der Waals surface area contributed by atoms with Crippen LogP contribution in [-0.2, 0) is 16.1 Å². The van der Waals surface area contributed by atoms with Crippen LogP contribution in [0.4, 0.5) is 4.79 Å². The van der Waals surface area contributed by atoms with E-state index in [4.69, 9.17) is 10.5 Å². The highest BCUT2D eigenvalue weighted by Gasteiger charge is 2.14. The standard InChI is InChI=1S/C22H28N2O4/c1-5-9-15(2)19(25)13-12-16(3)21(26)20(17(4)23)24-22(27)28-14-18-10-7-6-8-11-18/h6-13,26H,5,14,23H2,1-4H3,(H,24,27)/b13-12-,15-9+,20-17+,21-16+. The van der Waals surface area contributed by atoms with E-state index in [9.17, 15) is 14.7 Å². The Kier molecular flexibility index (Phi) is 9.30. The molecule has 6 nitrogen and oxygen atoms in total. The summed E-state index contributed by atoms with van der Waals surface area (Å²) in [5, 5.41) is 12.9. The fourth-order valence-corrected chi connectivity index (χ4v) is 2.22. The minimum atomic E-state index is -0.746. The first kappa shape index (κ1) is 22.8. The monoisotopic (exact) mass is 384 g/mol. The van der Waals surface area contributed by atoms with Crippen molar-refractivity contribution in [1.29, 1.82) is 0 Å². The maximum absolute atomic E-state index is 12.0. The van der Waals surface area contributed by atoms with Crippen molar-refractivity contribution in [1.82, 2.24) is 5.32 Å². The molecule has 0 radical (unpaired) electrons. The molecule has 0 bridgehead atoms. The van der Waals surface area contributed by atoms with Crippen LogP contribution < -0.4 is 11.1 Å². The van der Waals surface area contributed by atoms with Crippen molar-refractivity contribution in [3.63, 3.8) is 0 Å². The second-order valence-corrected chi connectivity index (χ2v) is 6.27.